The number of aryl methyl sites for hydroxylation is 1. The molecule has 2 aromatic carbocycles. The summed E-state index contributed by atoms with van der Waals surface area (Å²) in [6.07, 6.45) is 0. The smallest absolute Gasteiger partial charge is 0.0648 e. The standard InChI is InChI=1S/C14H12Cl2IN/c1-9-6-11(15)3-2-10(9)8-18-14-5-4-12(17)7-13(14)16/h2-7,18H,8H2,1H3. The second kappa shape index (κ2) is 6.13. The predicted molar refractivity (Wildman–Crippen MR) is 87.7 cm³/mol. The van der Waals surface area contributed by atoms with Crippen molar-refractivity contribution in [1.82, 2.24) is 0 Å². The zero-order chi connectivity index (χ0) is 13.1. The van der Waals surface area contributed by atoms with Crippen LogP contribution in [-0.2, 0) is 6.54 Å². The Balaban J connectivity index is 2.11. The fourth-order valence-electron chi connectivity index (χ4n) is 1.68. The van der Waals surface area contributed by atoms with Gasteiger partial charge in [0.15, 0.2) is 0 Å². The van der Waals surface area contributed by atoms with Crippen LogP contribution < -0.4 is 5.32 Å². The topological polar surface area (TPSA) is 12.0 Å². The van der Waals surface area contributed by atoms with E-state index in [4.69, 9.17) is 23.2 Å². The summed E-state index contributed by atoms with van der Waals surface area (Å²) in [5, 5.41) is 4.85. The molecule has 0 saturated heterocycles. The minimum Gasteiger partial charge on any atom is -0.380 e. The maximum atomic E-state index is 6.17. The predicted octanol–water partition coefficient (Wildman–Crippen LogP) is 5.52. The van der Waals surface area contributed by atoms with Crippen LogP contribution in [0.1, 0.15) is 11.1 Å². The molecule has 0 heterocycles. The van der Waals surface area contributed by atoms with E-state index < -0.39 is 0 Å². The molecule has 0 fully saturated rings. The van der Waals surface area contributed by atoms with E-state index in [1.54, 1.807) is 0 Å². The summed E-state index contributed by atoms with van der Waals surface area (Å²) in [4.78, 5) is 0. The molecule has 0 atom stereocenters. The third kappa shape index (κ3) is 3.53. The molecule has 1 nitrogen and oxygen atoms in total. The molecular formula is C14H12Cl2IN. The minimum absolute atomic E-state index is 0.739. The molecule has 0 unspecified atom stereocenters. The van der Waals surface area contributed by atoms with Crippen molar-refractivity contribution in [3.8, 4) is 0 Å². The number of anilines is 1. The van der Waals surface area contributed by atoms with Gasteiger partial charge in [-0.25, -0.2) is 0 Å². The van der Waals surface area contributed by atoms with Gasteiger partial charge < -0.3 is 5.32 Å². The van der Waals surface area contributed by atoms with Crippen LogP contribution in [0.25, 0.3) is 0 Å². The van der Waals surface area contributed by atoms with Crippen LogP contribution in [0.3, 0.4) is 0 Å². The van der Waals surface area contributed by atoms with Gasteiger partial charge in [0.25, 0.3) is 0 Å². The molecule has 2 aromatic rings. The van der Waals surface area contributed by atoms with Crippen molar-refractivity contribution < 1.29 is 0 Å². The first kappa shape index (κ1) is 14.0. The Morgan fingerprint density at radius 1 is 1.11 bits per heavy atom. The fourth-order valence-corrected chi connectivity index (χ4v) is 2.83. The van der Waals surface area contributed by atoms with Gasteiger partial charge in [-0.05, 0) is 71.0 Å². The number of hydrogen-bond donors (Lipinski definition) is 1. The van der Waals surface area contributed by atoms with Gasteiger partial charge in [0.2, 0.25) is 0 Å². The van der Waals surface area contributed by atoms with Crippen molar-refractivity contribution in [2.75, 3.05) is 5.32 Å². The summed E-state index contributed by atoms with van der Waals surface area (Å²) in [5.74, 6) is 0. The van der Waals surface area contributed by atoms with E-state index >= 15 is 0 Å². The second-order valence-electron chi connectivity index (χ2n) is 4.05. The molecule has 0 radical (unpaired) electrons. The van der Waals surface area contributed by atoms with E-state index in [0.29, 0.717) is 0 Å². The highest BCUT2D eigenvalue weighted by Gasteiger charge is 2.03. The lowest BCUT2D eigenvalue weighted by molar-refractivity contribution is 1.12. The highest BCUT2D eigenvalue weighted by molar-refractivity contribution is 14.1. The van der Waals surface area contributed by atoms with Crippen LogP contribution in [0.5, 0.6) is 0 Å². The van der Waals surface area contributed by atoms with Crippen LogP contribution in [-0.4, -0.2) is 0 Å². The number of hydrogen-bond acceptors (Lipinski definition) is 1. The molecule has 18 heavy (non-hydrogen) atoms. The number of nitrogens with one attached hydrogen (secondary N) is 1. The Morgan fingerprint density at radius 3 is 2.56 bits per heavy atom. The van der Waals surface area contributed by atoms with Gasteiger partial charge in [-0.3, -0.25) is 0 Å². The van der Waals surface area contributed by atoms with Crippen LogP contribution in [0.4, 0.5) is 5.69 Å². The molecule has 0 aromatic heterocycles. The third-order valence-electron chi connectivity index (χ3n) is 2.71. The van der Waals surface area contributed by atoms with Gasteiger partial charge in [0, 0.05) is 15.1 Å². The SMILES string of the molecule is Cc1cc(Cl)ccc1CNc1ccc(I)cc1Cl. The maximum Gasteiger partial charge on any atom is 0.0648 e. The minimum atomic E-state index is 0.739. The molecule has 4 heteroatoms. The third-order valence-corrected chi connectivity index (χ3v) is 3.92. The molecule has 2 rings (SSSR count). The van der Waals surface area contributed by atoms with E-state index in [1.807, 2.05) is 36.4 Å². The lowest BCUT2D eigenvalue weighted by atomic mass is 10.1. The fraction of sp³-hybridized carbons (Fsp3) is 0.143. The summed E-state index contributed by atoms with van der Waals surface area (Å²) < 4.78 is 1.13. The Labute approximate surface area is 131 Å². The normalized spacial score (nSPS) is 10.4. The van der Waals surface area contributed by atoms with Gasteiger partial charge in [0.1, 0.15) is 0 Å². The number of benzene rings is 2. The Kier molecular flexibility index (Phi) is 4.76. The van der Waals surface area contributed by atoms with E-state index in [1.165, 1.54) is 11.1 Å². The van der Waals surface area contributed by atoms with Crippen LogP contribution >= 0.6 is 45.8 Å². The number of halogens is 3. The average molecular weight is 392 g/mol. The average Bonchev–Trinajstić information content (AvgIpc) is 2.30. The molecule has 0 bridgehead atoms. The van der Waals surface area contributed by atoms with Gasteiger partial charge >= 0.3 is 0 Å². The van der Waals surface area contributed by atoms with Gasteiger partial charge in [-0.1, -0.05) is 29.3 Å². The molecular weight excluding hydrogens is 380 g/mol. The first-order chi connectivity index (χ1) is 8.56. The van der Waals surface area contributed by atoms with E-state index in [0.717, 1.165) is 25.8 Å². The first-order valence-electron chi connectivity index (χ1n) is 5.50. The lowest BCUT2D eigenvalue weighted by Gasteiger charge is -2.11. The summed E-state index contributed by atoms with van der Waals surface area (Å²) in [6, 6.07) is 11.9. The largest absolute Gasteiger partial charge is 0.380 e. The monoisotopic (exact) mass is 391 g/mol. The van der Waals surface area contributed by atoms with Gasteiger partial charge in [-0.15, -0.1) is 0 Å². The lowest BCUT2D eigenvalue weighted by Crippen LogP contribution is -2.01. The highest BCUT2D eigenvalue weighted by Crippen LogP contribution is 2.25. The maximum absolute atomic E-state index is 6.17. The van der Waals surface area contributed by atoms with Crippen LogP contribution in [0, 0.1) is 10.5 Å². The number of rotatable bonds is 3. The Hall–Kier alpha value is -0.450. The van der Waals surface area contributed by atoms with E-state index in [9.17, 15) is 0 Å². The molecule has 0 aliphatic heterocycles. The van der Waals surface area contributed by atoms with Crippen molar-refractivity contribution >= 4 is 51.5 Å². The van der Waals surface area contributed by atoms with Crippen LogP contribution in [0.2, 0.25) is 10.0 Å². The van der Waals surface area contributed by atoms with Gasteiger partial charge in [0.05, 0.1) is 10.7 Å². The van der Waals surface area contributed by atoms with Crippen molar-refractivity contribution in [3.05, 3.63) is 61.1 Å². The van der Waals surface area contributed by atoms with Crippen molar-refractivity contribution in [3.63, 3.8) is 0 Å². The molecule has 0 aliphatic carbocycles. The first-order valence-corrected chi connectivity index (χ1v) is 7.33. The molecule has 0 saturated carbocycles. The molecule has 0 aliphatic rings. The summed E-state index contributed by atoms with van der Waals surface area (Å²) >= 11 is 14.4. The molecule has 94 valence electrons. The molecule has 0 amide bonds. The Bertz CT molecular complexity index is 518. The molecule has 0 spiro atoms. The zero-order valence-corrected chi connectivity index (χ0v) is 13.5. The van der Waals surface area contributed by atoms with Crippen molar-refractivity contribution in [2.24, 2.45) is 0 Å². The van der Waals surface area contributed by atoms with E-state index in [-0.39, 0.29) is 0 Å². The zero-order valence-electron chi connectivity index (χ0n) is 9.81. The summed E-state index contributed by atoms with van der Waals surface area (Å²) in [7, 11) is 0. The van der Waals surface area contributed by atoms with Crippen LogP contribution in [0.15, 0.2) is 36.4 Å². The second-order valence-corrected chi connectivity index (χ2v) is 6.14. The van der Waals surface area contributed by atoms with E-state index in [2.05, 4.69) is 34.8 Å². The molecule has 1 N–H and O–H groups in total. The van der Waals surface area contributed by atoms with Crippen molar-refractivity contribution in [2.45, 2.75) is 13.5 Å². The quantitative estimate of drug-likeness (QED) is 0.679. The van der Waals surface area contributed by atoms with Gasteiger partial charge in [-0.2, -0.15) is 0 Å². The summed E-state index contributed by atoms with van der Waals surface area (Å²) in [5.41, 5.74) is 3.34. The Morgan fingerprint density at radius 2 is 1.89 bits per heavy atom. The highest BCUT2D eigenvalue weighted by atomic mass is 127. The van der Waals surface area contributed by atoms with Crippen molar-refractivity contribution in [1.29, 1.82) is 0 Å². The summed E-state index contributed by atoms with van der Waals surface area (Å²) in [6.45, 7) is 2.79.